The minimum atomic E-state index is -0.182. The first kappa shape index (κ1) is 17.4. The van der Waals surface area contributed by atoms with Crippen LogP contribution in [0.5, 0.6) is 5.75 Å². The molecule has 1 fully saturated rings. The molecular formula is C19H19N5O2S. The lowest BCUT2D eigenvalue weighted by Crippen LogP contribution is -2.24. The average Bonchev–Trinajstić information content (AvgIpc) is 3.48. The molecule has 0 atom stereocenters. The third kappa shape index (κ3) is 4.22. The second kappa shape index (κ2) is 7.71. The molecule has 1 aliphatic carbocycles. The number of amides is 1. The van der Waals surface area contributed by atoms with Crippen LogP contribution in [0.25, 0.3) is 0 Å². The molecule has 0 unspecified atom stereocenters. The van der Waals surface area contributed by atoms with E-state index < -0.39 is 0 Å². The van der Waals surface area contributed by atoms with Crippen molar-refractivity contribution in [2.75, 3.05) is 0 Å². The lowest BCUT2D eigenvalue weighted by molar-refractivity contribution is 0.0949. The van der Waals surface area contributed by atoms with Crippen LogP contribution in [0.1, 0.15) is 40.6 Å². The number of aromatic amines is 1. The zero-order chi connectivity index (χ0) is 18.6. The lowest BCUT2D eigenvalue weighted by Gasteiger charge is -2.09. The van der Waals surface area contributed by atoms with Crippen LogP contribution >= 0.6 is 12.2 Å². The van der Waals surface area contributed by atoms with Gasteiger partial charge in [-0.3, -0.25) is 19.4 Å². The third-order valence-electron chi connectivity index (χ3n) is 4.32. The molecule has 1 saturated carbocycles. The number of hydrogen-bond donors (Lipinski definition) is 2. The van der Waals surface area contributed by atoms with Crippen LogP contribution in [0, 0.1) is 4.77 Å². The summed E-state index contributed by atoms with van der Waals surface area (Å²) in [6, 6.07) is 11.3. The SMILES string of the molecule is O=C(NCc1n[nH]c(=S)n1C1CC1)c1cccc(OCc2cccnc2)c1. The fourth-order valence-electron chi connectivity index (χ4n) is 2.81. The summed E-state index contributed by atoms with van der Waals surface area (Å²) >= 11 is 5.26. The highest BCUT2D eigenvalue weighted by Crippen LogP contribution is 2.35. The summed E-state index contributed by atoms with van der Waals surface area (Å²) in [4.78, 5) is 16.6. The Bertz CT molecular complexity index is 995. The van der Waals surface area contributed by atoms with E-state index in [1.165, 1.54) is 0 Å². The van der Waals surface area contributed by atoms with Crippen LogP contribution < -0.4 is 10.1 Å². The number of ether oxygens (including phenoxy) is 1. The molecule has 0 aliphatic heterocycles. The van der Waals surface area contributed by atoms with E-state index in [1.54, 1.807) is 30.6 Å². The summed E-state index contributed by atoms with van der Waals surface area (Å²) in [7, 11) is 0. The van der Waals surface area contributed by atoms with Gasteiger partial charge in [0.25, 0.3) is 5.91 Å². The molecule has 0 bridgehead atoms. The molecule has 4 rings (SSSR count). The van der Waals surface area contributed by atoms with Gasteiger partial charge in [0.05, 0.1) is 6.54 Å². The number of carbonyl (C=O) groups is 1. The second-order valence-electron chi connectivity index (χ2n) is 6.41. The van der Waals surface area contributed by atoms with Gasteiger partial charge in [0.15, 0.2) is 10.6 Å². The van der Waals surface area contributed by atoms with E-state index in [2.05, 4.69) is 20.5 Å². The minimum Gasteiger partial charge on any atom is -0.489 e. The van der Waals surface area contributed by atoms with Gasteiger partial charge in [0.2, 0.25) is 0 Å². The molecule has 27 heavy (non-hydrogen) atoms. The Morgan fingerprint density at radius 3 is 3.00 bits per heavy atom. The third-order valence-corrected chi connectivity index (χ3v) is 4.61. The van der Waals surface area contributed by atoms with Gasteiger partial charge in [-0.15, -0.1) is 0 Å². The van der Waals surface area contributed by atoms with Gasteiger partial charge < -0.3 is 10.1 Å². The molecule has 7 nitrogen and oxygen atoms in total. The van der Waals surface area contributed by atoms with E-state index in [1.807, 2.05) is 22.8 Å². The van der Waals surface area contributed by atoms with Crippen LogP contribution in [-0.4, -0.2) is 25.7 Å². The first-order valence-corrected chi connectivity index (χ1v) is 9.17. The van der Waals surface area contributed by atoms with Crippen molar-refractivity contribution in [2.45, 2.75) is 32.0 Å². The number of nitrogens with zero attached hydrogens (tertiary/aromatic N) is 3. The van der Waals surface area contributed by atoms with E-state index in [4.69, 9.17) is 17.0 Å². The number of H-pyrrole nitrogens is 1. The number of pyridine rings is 1. The maximum Gasteiger partial charge on any atom is 0.251 e. The first-order valence-electron chi connectivity index (χ1n) is 8.76. The van der Waals surface area contributed by atoms with Crippen molar-refractivity contribution in [3.63, 3.8) is 0 Å². The van der Waals surface area contributed by atoms with Crippen molar-refractivity contribution in [1.29, 1.82) is 0 Å². The summed E-state index contributed by atoms with van der Waals surface area (Å²) in [5.74, 6) is 1.20. The molecular weight excluding hydrogens is 362 g/mol. The molecule has 0 radical (unpaired) electrons. The first-order chi connectivity index (χ1) is 13.2. The van der Waals surface area contributed by atoms with Crippen LogP contribution in [0.4, 0.5) is 0 Å². The predicted octanol–water partition coefficient (Wildman–Crippen LogP) is 3.18. The highest BCUT2D eigenvalue weighted by Gasteiger charge is 2.27. The Labute approximate surface area is 161 Å². The van der Waals surface area contributed by atoms with Crippen LogP contribution in [0.15, 0.2) is 48.8 Å². The fraction of sp³-hybridized carbons (Fsp3) is 0.263. The molecule has 1 aliphatic rings. The topological polar surface area (TPSA) is 84.8 Å². The zero-order valence-corrected chi connectivity index (χ0v) is 15.4. The molecule has 138 valence electrons. The lowest BCUT2D eigenvalue weighted by atomic mass is 10.2. The summed E-state index contributed by atoms with van der Waals surface area (Å²) in [5.41, 5.74) is 1.50. The van der Waals surface area contributed by atoms with Crippen molar-refractivity contribution in [2.24, 2.45) is 0 Å². The van der Waals surface area contributed by atoms with Crippen LogP contribution in [-0.2, 0) is 13.2 Å². The Morgan fingerprint density at radius 2 is 2.22 bits per heavy atom. The zero-order valence-electron chi connectivity index (χ0n) is 14.6. The molecule has 2 heterocycles. The van der Waals surface area contributed by atoms with E-state index in [0.29, 0.717) is 35.3 Å². The second-order valence-corrected chi connectivity index (χ2v) is 6.79. The Balaban J connectivity index is 1.38. The molecule has 8 heteroatoms. The Morgan fingerprint density at radius 1 is 1.33 bits per heavy atom. The molecule has 0 saturated heterocycles. The summed E-state index contributed by atoms with van der Waals surface area (Å²) in [6.45, 7) is 0.721. The summed E-state index contributed by atoms with van der Waals surface area (Å²) < 4.78 is 8.35. The maximum absolute atomic E-state index is 12.5. The van der Waals surface area contributed by atoms with Gasteiger partial charge in [-0.2, -0.15) is 5.10 Å². The number of rotatable bonds is 7. The number of hydrogen-bond acceptors (Lipinski definition) is 5. The maximum atomic E-state index is 12.5. The molecule has 2 N–H and O–H groups in total. The molecule has 3 aromatic rings. The minimum absolute atomic E-state index is 0.182. The number of aromatic nitrogens is 4. The largest absolute Gasteiger partial charge is 0.489 e. The average molecular weight is 381 g/mol. The summed E-state index contributed by atoms with van der Waals surface area (Å²) in [6.07, 6.45) is 5.68. The number of nitrogens with one attached hydrogen (secondary N) is 2. The molecule has 0 spiro atoms. The van der Waals surface area contributed by atoms with Gasteiger partial charge in [-0.05, 0) is 49.3 Å². The monoisotopic (exact) mass is 381 g/mol. The fourth-order valence-corrected chi connectivity index (χ4v) is 3.11. The van der Waals surface area contributed by atoms with E-state index in [-0.39, 0.29) is 5.91 Å². The van der Waals surface area contributed by atoms with Gasteiger partial charge in [0.1, 0.15) is 12.4 Å². The van der Waals surface area contributed by atoms with Gasteiger partial charge >= 0.3 is 0 Å². The van der Waals surface area contributed by atoms with E-state index >= 15 is 0 Å². The molecule has 1 amide bonds. The van der Waals surface area contributed by atoms with Crippen LogP contribution in [0.2, 0.25) is 0 Å². The van der Waals surface area contributed by atoms with Crippen molar-refractivity contribution < 1.29 is 9.53 Å². The van der Waals surface area contributed by atoms with Gasteiger partial charge in [-0.25, -0.2) is 0 Å². The van der Waals surface area contributed by atoms with Crippen LogP contribution in [0.3, 0.4) is 0 Å². The standard InChI is InChI=1S/C19H19N5O2S/c25-18(21-11-17-22-23-19(27)24(17)15-6-7-15)14-4-1-5-16(9-14)26-12-13-3-2-8-20-10-13/h1-5,8-10,15H,6-7,11-12H2,(H,21,25)(H,23,27). The molecule has 2 aromatic heterocycles. The normalized spacial score (nSPS) is 13.3. The predicted molar refractivity (Wildman–Crippen MR) is 102 cm³/mol. The number of benzene rings is 1. The van der Waals surface area contributed by atoms with E-state index in [9.17, 15) is 4.79 Å². The number of carbonyl (C=O) groups excluding carboxylic acids is 1. The Hall–Kier alpha value is -3.00. The van der Waals surface area contributed by atoms with Crippen molar-refractivity contribution in [3.05, 3.63) is 70.5 Å². The quantitative estimate of drug-likeness (QED) is 0.614. The summed E-state index contributed by atoms with van der Waals surface area (Å²) in [5, 5.41) is 9.93. The molecule has 1 aromatic carbocycles. The smallest absolute Gasteiger partial charge is 0.251 e. The van der Waals surface area contributed by atoms with Crippen molar-refractivity contribution >= 4 is 18.1 Å². The van der Waals surface area contributed by atoms with Gasteiger partial charge in [0, 0.05) is 29.6 Å². The highest BCUT2D eigenvalue weighted by atomic mass is 32.1. The van der Waals surface area contributed by atoms with Gasteiger partial charge in [-0.1, -0.05) is 12.1 Å². The highest BCUT2D eigenvalue weighted by molar-refractivity contribution is 7.71. The Kier molecular flexibility index (Phi) is 4.97. The van der Waals surface area contributed by atoms with Crippen molar-refractivity contribution in [1.82, 2.24) is 25.1 Å². The van der Waals surface area contributed by atoms with E-state index in [0.717, 1.165) is 24.2 Å². The van der Waals surface area contributed by atoms with Crippen molar-refractivity contribution in [3.8, 4) is 5.75 Å².